The average molecular weight is 457 g/mol. The summed E-state index contributed by atoms with van der Waals surface area (Å²) in [5, 5.41) is 0. The van der Waals surface area contributed by atoms with Gasteiger partial charge in [-0.2, -0.15) is 0 Å². The molecule has 32 heavy (non-hydrogen) atoms. The van der Waals surface area contributed by atoms with Gasteiger partial charge in [0.15, 0.2) is 0 Å². The highest BCUT2D eigenvalue weighted by Crippen LogP contribution is 2.25. The third kappa shape index (κ3) is 5.92. The lowest BCUT2D eigenvalue weighted by Crippen LogP contribution is -2.46. The van der Waals surface area contributed by atoms with Gasteiger partial charge in [0, 0.05) is 42.8 Å². The molecule has 1 aliphatic carbocycles. The second-order valence-electron chi connectivity index (χ2n) is 8.76. The maximum atomic E-state index is 13.2. The first kappa shape index (κ1) is 22.9. The van der Waals surface area contributed by atoms with Gasteiger partial charge in [0.1, 0.15) is 0 Å². The van der Waals surface area contributed by atoms with Gasteiger partial charge < -0.3 is 14.5 Å². The van der Waals surface area contributed by atoms with Crippen LogP contribution < -0.4 is 0 Å². The number of carbonyl (C=O) groups is 2. The summed E-state index contributed by atoms with van der Waals surface area (Å²) in [5.74, 6) is 0.0587. The lowest BCUT2D eigenvalue weighted by molar-refractivity contribution is -0.140. The first-order valence-electron chi connectivity index (χ1n) is 11.6. The molecule has 7 nitrogen and oxygen atoms in total. The van der Waals surface area contributed by atoms with Crippen LogP contribution in [-0.2, 0) is 27.4 Å². The highest BCUT2D eigenvalue weighted by molar-refractivity contribution is 7.09. The van der Waals surface area contributed by atoms with E-state index >= 15 is 0 Å². The normalized spacial score (nSPS) is 20.4. The molecule has 1 saturated heterocycles. The molecule has 2 aliphatic rings. The Morgan fingerprint density at radius 2 is 1.97 bits per heavy atom. The van der Waals surface area contributed by atoms with Crippen molar-refractivity contribution in [3.05, 3.63) is 46.2 Å². The molecule has 1 aliphatic heterocycles. The number of amides is 2. The van der Waals surface area contributed by atoms with Crippen LogP contribution in [-0.4, -0.2) is 63.4 Å². The Morgan fingerprint density at radius 1 is 1.19 bits per heavy atom. The summed E-state index contributed by atoms with van der Waals surface area (Å²) in [4.78, 5) is 39.4. The van der Waals surface area contributed by atoms with Gasteiger partial charge in [-0.3, -0.25) is 14.6 Å². The van der Waals surface area contributed by atoms with Crippen LogP contribution in [0.25, 0.3) is 0 Å². The SMILES string of the molecule is Cc1ncsc1CCC(=O)N1CC(=O)N(C2CCCCC2)CC(OCc2ccncc2)C1. The maximum absolute atomic E-state index is 13.2. The summed E-state index contributed by atoms with van der Waals surface area (Å²) in [6.45, 7) is 3.55. The highest BCUT2D eigenvalue weighted by atomic mass is 32.1. The molecule has 0 N–H and O–H groups in total. The summed E-state index contributed by atoms with van der Waals surface area (Å²) in [6.07, 6.45) is 9.99. The Bertz CT molecular complexity index is 898. The third-order valence-electron chi connectivity index (χ3n) is 6.48. The Hall–Kier alpha value is -2.32. The Balaban J connectivity index is 1.44. The van der Waals surface area contributed by atoms with Crippen molar-refractivity contribution in [2.45, 2.75) is 70.6 Å². The number of aromatic nitrogens is 2. The van der Waals surface area contributed by atoms with Crippen molar-refractivity contribution in [3.63, 3.8) is 0 Å². The molecule has 1 unspecified atom stereocenters. The molecule has 4 rings (SSSR count). The minimum absolute atomic E-state index is 0.00848. The van der Waals surface area contributed by atoms with Crippen LogP contribution in [0, 0.1) is 6.92 Å². The monoisotopic (exact) mass is 456 g/mol. The van der Waals surface area contributed by atoms with Gasteiger partial charge in [-0.05, 0) is 43.9 Å². The molecule has 1 atom stereocenters. The van der Waals surface area contributed by atoms with E-state index in [1.807, 2.05) is 29.5 Å². The van der Waals surface area contributed by atoms with E-state index in [1.54, 1.807) is 28.6 Å². The molecule has 2 aromatic rings. The fourth-order valence-electron chi connectivity index (χ4n) is 4.62. The second-order valence-corrected chi connectivity index (χ2v) is 9.70. The molecule has 2 amide bonds. The van der Waals surface area contributed by atoms with E-state index in [4.69, 9.17) is 4.74 Å². The number of rotatable bonds is 7. The van der Waals surface area contributed by atoms with Crippen LogP contribution in [0.15, 0.2) is 30.0 Å². The summed E-state index contributed by atoms with van der Waals surface area (Å²) >= 11 is 1.58. The molecule has 0 radical (unpaired) electrons. The van der Waals surface area contributed by atoms with E-state index < -0.39 is 0 Å². The smallest absolute Gasteiger partial charge is 0.242 e. The fraction of sp³-hybridized carbons (Fsp3) is 0.583. The predicted octanol–water partition coefficient (Wildman–Crippen LogP) is 3.37. The summed E-state index contributed by atoms with van der Waals surface area (Å²) in [5.41, 5.74) is 3.84. The molecule has 172 valence electrons. The van der Waals surface area contributed by atoms with Crippen LogP contribution >= 0.6 is 11.3 Å². The van der Waals surface area contributed by atoms with Crippen molar-refractivity contribution in [3.8, 4) is 0 Å². The molecule has 0 aromatic carbocycles. The van der Waals surface area contributed by atoms with E-state index in [0.29, 0.717) is 32.5 Å². The third-order valence-corrected chi connectivity index (χ3v) is 7.48. The summed E-state index contributed by atoms with van der Waals surface area (Å²) < 4.78 is 6.24. The van der Waals surface area contributed by atoms with E-state index in [-0.39, 0.29) is 30.5 Å². The number of ether oxygens (including phenoxy) is 1. The van der Waals surface area contributed by atoms with Crippen LogP contribution in [0.5, 0.6) is 0 Å². The van der Waals surface area contributed by atoms with Crippen molar-refractivity contribution in [2.75, 3.05) is 19.6 Å². The van der Waals surface area contributed by atoms with Gasteiger partial charge in [0.05, 0.1) is 30.5 Å². The van der Waals surface area contributed by atoms with Gasteiger partial charge in [-0.25, -0.2) is 4.98 Å². The molecule has 0 bridgehead atoms. The Morgan fingerprint density at radius 3 is 2.69 bits per heavy atom. The number of hydrogen-bond acceptors (Lipinski definition) is 6. The molecule has 2 aromatic heterocycles. The van der Waals surface area contributed by atoms with E-state index in [2.05, 4.69) is 9.97 Å². The van der Waals surface area contributed by atoms with Gasteiger partial charge >= 0.3 is 0 Å². The lowest BCUT2D eigenvalue weighted by Gasteiger charge is -2.34. The van der Waals surface area contributed by atoms with Gasteiger partial charge in [-0.1, -0.05) is 19.3 Å². The predicted molar refractivity (Wildman–Crippen MR) is 123 cm³/mol. The minimum Gasteiger partial charge on any atom is -0.370 e. The second kappa shape index (κ2) is 11.0. The first-order chi connectivity index (χ1) is 15.6. The Kier molecular flexibility index (Phi) is 7.86. The molecule has 2 fully saturated rings. The minimum atomic E-state index is -0.203. The highest BCUT2D eigenvalue weighted by Gasteiger charge is 2.34. The van der Waals surface area contributed by atoms with Crippen molar-refractivity contribution < 1.29 is 14.3 Å². The standard InChI is InChI=1S/C24H32N4O3S/c1-18-22(32-17-26-18)7-8-23(29)27-13-21(31-16-19-9-11-25-12-10-19)14-28(24(30)15-27)20-5-3-2-4-6-20/h9-12,17,20-21H,2-8,13-16H2,1H3. The average Bonchev–Trinajstić information content (AvgIpc) is 3.15. The lowest BCUT2D eigenvalue weighted by atomic mass is 9.94. The molecular weight excluding hydrogens is 424 g/mol. The largest absolute Gasteiger partial charge is 0.370 e. The van der Waals surface area contributed by atoms with Crippen molar-refractivity contribution in [2.24, 2.45) is 0 Å². The van der Waals surface area contributed by atoms with Gasteiger partial charge in [0.2, 0.25) is 11.8 Å². The van der Waals surface area contributed by atoms with Gasteiger partial charge in [-0.15, -0.1) is 11.3 Å². The zero-order valence-electron chi connectivity index (χ0n) is 18.7. The van der Waals surface area contributed by atoms with E-state index in [9.17, 15) is 9.59 Å². The first-order valence-corrected chi connectivity index (χ1v) is 12.4. The van der Waals surface area contributed by atoms with E-state index in [1.165, 1.54) is 6.42 Å². The summed E-state index contributed by atoms with van der Waals surface area (Å²) in [6, 6.07) is 4.13. The summed E-state index contributed by atoms with van der Waals surface area (Å²) in [7, 11) is 0. The molecule has 8 heteroatoms. The zero-order chi connectivity index (χ0) is 22.3. The van der Waals surface area contributed by atoms with Crippen molar-refractivity contribution >= 4 is 23.2 Å². The van der Waals surface area contributed by atoms with Crippen LogP contribution in [0.3, 0.4) is 0 Å². The number of carbonyl (C=O) groups excluding carboxylic acids is 2. The number of thiazole rings is 1. The molecule has 3 heterocycles. The zero-order valence-corrected chi connectivity index (χ0v) is 19.6. The number of pyridine rings is 1. The van der Waals surface area contributed by atoms with Crippen molar-refractivity contribution in [1.82, 2.24) is 19.8 Å². The number of hydrogen-bond donors (Lipinski definition) is 0. The van der Waals surface area contributed by atoms with Crippen LogP contribution in [0.2, 0.25) is 0 Å². The maximum Gasteiger partial charge on any atom is 0.242 e. The van der Waals surface area contributed by atoms with E-state index in [0.717, 1.165) is 41.8 Å². The van der Waals surface area contributed by atoms with Crippen LogP contribution in [0.1, 0.15) is 54.7 Å². The molecule has 1 saturated carbocycles. The molecule has 0 spiro atoms. The topological polar surface area (TPSA) is 75.6 Å². The Labute approximate surface area is 193 Å². The van der Waals surface area contributed by atoms with Crippen molar-refractivity contribution in [1.29, 1.82) is 0 Å². The number of aryl methyl sites for hydroxylation is 2. The fourth-order valence-corrected chi connectivity index (χ4v) is 5.40. The number of nitrogens with zero attached hydrogens (tertiary/aromatic N) is 4. The molecular formula is C24H32N4O3S. The van der Waals surface area contributed by atoms with Crippen LogP contribution in [0.4, 0.5) is 0 Å². The van der Waals surface area contributed by atoms with Gasteiger partial charge in [0.25, 0.3) is 0 Å². The quantitative estimate of drug-likeness (QED) is 0.639.